The van der Waals surface area contributed by atoms with Gasteiger partial charge in [-0.1, -0.05) is 50.1 Å². The van der Waals surface area contributed by atoms with Crippen molar-refractivity contribution >= 4 is 21.4 Å². The standard InChI is InChI=1S/C13H19ClO2S/c1-3-4-9-17(15,16)10-11(2)12-7-5-6-8-13(12)14/h5-8,11H,3-4,9-10H2,1-2H3/t11-/m0/s1. The summed E-state index contributed by atoms with van der Waals surface area (Å²) in [4.78, 5) is 0. The third-order valence-electron chi connectivity index (χ3n) is 2.75. The Morgan fingerprint density at radius 2 is 1.94 bits per heavy atom. The summed E-state index contributed by atoms with van der Waals surface area (Å²) in [7, 11) is -2.97. The van der Waals surface area contributed by atoms with Crippen LogP contribution in [0.2, 0.25) is 5.02 Å². The maximum absolute atomic E-state index is 11.8. The molecule has 17 heavy (non-hydrogen) atoms. The number of hydrogen-bond acceptors (Lipinski definition) is 2. The fourth-order valence-electron chi connectivity index (χ4n) is 1.79. The Morgan fingerprint density at radius 1 is 1.29 bits per heavy atom. The third kappa shape index (κ3) is 4.68. The van der Waals surface area contributed by atoms with Gasteiger partial charge in [0.25, 0.3) is 0 Å². The average Bonchev–Trinajstić information content (AvgIpc) is 2.26. The van der Waals surface area contributed by atoms with E-state index in [0.29, 0.717) is 5.02 Å². The fraction of sp³-hybridized carbons (Fsp3) is 0.538. The zero-order valence-electron chi connectivity index (χ0n) is 10.3. The smallest absolute Gasteiger partial charge is 0.150 e. The maximum atomic E-state index is 11.8. The minimum atomic E-state index is -2.97. The molecular weight excluding hydrogens is 256 g/mol. The Bertz CT molecular complexity index is 454. The van der Waals surface area contributed by atoms with Gasteiger partial charge >= 0.3 is 0 Å². The highest BCUT2D eigenvalue weighted by Gasteiger charge is 2.18. The van der Waals surface area contributed by atoms with Crippen molar-refractivity contribution in [2.45, 2.75) is 32.6 Å². The van der Waals surface area contributed by atoms with E-state index in [0.717, 1.165) is 18.4 Å². The Labute approximate surface area is 109 Å². The van der Waals surface area contributed by atoms with Crippen LogP contribution in [-0.4, -0.2) is 19.9 Å². The van der Waals surface area contributed by atoms with Gasteiger partial charge in [0.05, 0.1) is 11.5 Å². The van der Waals surface area contributed by atoms with Crippen molar-refractivity contribution in [2.24, 2.45) is 0 Å². The normalized spacial score (nSPS) is 13.6. The predicted molar refractivity (Wildman–Crippen MR) is 73.4 cm³/mol. The first-order chi connectivity index (χ1) is 7.96. The molecule has 0 unspecified atom stereocenters. The summed E-state index contributed by atoms with van der Waals surface area (Å²) >= 11 is 6.06. The molecule has 4 heteroatoms. The van der Waals surface area contributed by atoms with Gasteiger partial charge in [0.1, 0.15) is 0 Å². The van der Waals surface area contributed by atoms with Crippen LogP contribution in [0.1, 0.15) is 38.2 Å². The van der Waals surface area contributed by atoms with Crippen LogP contribution >= 0.6 is 11.6 Å². The minimum absolute atomic E-state index is 0.0504. The SMILES string of the molecule is CCCCS(=O)(=O)C[C@H](C)c1ccccc1Cl. The highest BCUT2D eigenvalue weighted by molar-refractivity contribution is 7.91. The lowest BCUT2D eigenvalue weighted by atomic mass is 10.0. The first kappa shape index (κ1) is 14.5. The Hall–Kier alpha value is -0.540. The lowest BCUT2D eigenvalue weighted by Gasteiger charge is -2.13. The van der Waals surface area contributed by atoms with Gasteiger partial charge in [-0.2, -0.15) is 0 Å². The van der Waals surface area contributed by atoms with E-state index in [-0.39, 0.29) is 17.4 Å². The summed E-state index contributed by atoms with van der Waals surface area (Å²) in [5.74, 6) is 0.403. The third-order valence-corrected chi connectivity index (χ3v) is 5.01. The van der Waals surface area contributed by atoms with Crippen LogP contribution in [0.25, 0.3) is 0 Å². The van der Waals surface area contributed by atoms with E-state index in [2.05, 4.69) is 0 Å². The number of unbranched alkanes of at least 4 members (excludes halogenated alkanes) is 1. The molecule has 0 amide bonds. The molecule has 0 spiro atoms. The largest absolute Gasteiger partial charge is 0.229 e. The van der Waals surface area contributed by atoms with Crippen LogP contribution in [0.15, 0.2) is 24.3 Å². The highest BCUT2D eigenvalue weighted by atomic mass is 35.5. The molecule has 0 fully saturated rings. The Kier molecular flexibility index (Phi) is 5.47. The molecule has 1 aromatic rings. The molecule has 0 saturated carbocycles. The van der Waals surface area contributed by atoms with Crippen LogP contribution < -0.4 is 0 Å². The summed E-state index contributed by atoms with van der Waals surface area (Å²) in [6, 6.07) is 7.43. The fourth-order valence-corrected chi connectivity index (χ4v) is 3.95. The molecule has 0 saturated heterocycles. The summed E-state index contributed by atoms with van der Waals surface area (Å²) in [6.45, 7) is 3.90. The van der Waals surface area contributed by atoms with Crippen molar-refractivity contribution in [3.63, 3.8) is 0 Å². The van der Waals surface area contributed by atoms with Crippen molar-refractivity contribution in [2.75, 3.05) is 11.5 Å². The lowest BCUT2D eigenvalue weighted by Crippen LogP contribution is -2.16. The van der Waals surface area contributed by atoms with E-state index in [9.17, 15) is 8.42 Å². The molecule has 0 aromatic heterocycles. The van der Waals surface area contributed by atoms with Crippen LogP contribution in [0.4, 0.5) is 0 Å². The van der Waals surface area contributed by atoms with Crippen LogP contribution in [0, 0.1) is 0 Å². The first-order valence-corrected chi connectivity index (χ1v) is 8.11. The number of rotatable bonds is 6. The number of halogens is 1. The molecule has 0 heterocycles. The Balaban J connectivity index is 2.73. The quantitative estimate of drug-likeness (QED) is 0.793. The topological polar surface area (TPSA) is 34.1 Å². The van der Waals surface area contributed by atoms with Crippen molar-refractivity contribution < 1.29 is 8.42 Å². The molecule has 2 nitrogen and oxygen atoms in total. The molecule has 0 N–H and O–H groups in total. The zero-order chi connectivity index (χ0) is 12.9. The average molecular weight is 275 g/mol. The maximum Gasteiger partial charge on any atom is 0.150 e. The summed E-state index contributed by atoms with van der Waals surface area (Å²) in [6.07, 6.45) is 1.64. The van der Waals surface area contributed by atoms with Gasteiger partial charge in [-0.15, -0.1) is 0 Å². The number of benzene rings is 1. The van der Waals surface area contributed by atoms with E-state index in [1.54, 1.807) is 6.07 Å². The second kappa shape index (κ2) is 6.41. The molecule has 96 valence electrons. The van der Waals surface area contributed by atoms with Gasteiger partial charge in [0.2, 0.25) is 0 Å². The minimum Gasteiger partial charge on any atom is -0.229 e. The van der Waals surface area contributed by atoms with Crippen molar-refractivity contribution in [1.29, 1.82) is 0 Å². The number of hydrogen-bond donors (Lipinski definition) is 0. The monoisotopic (exact) mass is 274 g/mol. The molecule has 1 atom stereocenters. The van der Waals surface area contributed by atoms with E-state index >= 15 is 0 Å². The van der Waals surface area contributed by atoms with Crippen LogP contribution in [0.3, 0.4) is 0 Å². The molecule has 0 aliphatic rings. The molecule has 0 bridgehead atoms. The van der Waals surface area contributed by atoms with Gasteiger partial charge in [-0.05, 0) is 24.0 Å². The van der Waals surface area contributed by atoms with E-state index in [1.165, 1.54) is 0 Å². The highest BCUT2D eigenvalue weighted by Crippen LogP contribution is 2.25. The molecule has 0 radical (unpaired) electrons. The molecule has 1 rings (SSSR count). The lowest BCUT2D eigenvalue weighted by molar-refractivity contribution is 0.587. The van der Waals surface area contributed by atoms with Crippen molar-refractivity contribution in [3.8, 4) is 0 Å². The first-order valence-electron chi connectivity index (χ1n) is 5.91. The van der Waals surface area contributed by atoms with Crippen molar-refractivity contribution in [1.82, 2.24) is 0 Å². The summed E-state index contributed by atoms with van der Waals surface area (Å²) < 4.78 is 23.7. The summed E-state index contributed by atoms with van der Waals surface area (Å²) in [5, 5.41) is 0.644. The van der Waals surface area contributed by atoms with E-state index in [4.69, 9.17) is 11.6 Å². The van der Waals surface area contributed by atoms with Crippen LogP contribution in [0.5, 0.6) is 0 Å². The van der Waals surface area contributed by atoms with Gasteiger partial charge in [-0.3, -0.25) is 0 Å². The molecule has 0 aliphatic heterocycles. The van der Waals surface area contributed by atoms with Gasteiger partial charge in [-0.25, -0.2) is 8.42 Å². The number of sulfone groups is 1. The summed E-state index contributed by atoms with van der Waals surface area (Å²) in [5.41, 5.74) is 0.911. The van der Waals surface area contributed by atoms with Crippen LogP contribution in [-0.2, 0) is 9.84 Å². The van der Waals surface area contributed by atoms with Crippen molar-refractivity contribution in [3.05, 3.63) is 34.9 Å². The zero-order valence-corrected chi connectivity index (χ0v) is 11.9. The second-order valence-corrected chi connectivity index (χ2v) is 7.03. The Morgan fingerprint density at radius 3 is 2.53 bits per heavy atom. The second-order valence-electron chi connectivity index (χ2n) is 4.39. The van der Waals surface area contributed by atoms with E-state index < -0.39 is 9.84 Å². The van der Waals surface area contributed by atoms with Gasteiger partial charge < -0.3 is 0 Å². The predicted octanol–water partition coefficient (Wildman–Crippen LogP) is 3.66. The molecular formula is C13H19ClO2S. The van der Waals surface area contributed by atoms with E-state index in [1.807, 2.05) is 32.0 Å². The van der Waals surface area contributed by atoms with Gasteiger partial charge in [0.15, 0.2) is 9.84 Å². The molecule has 0 aliphatic carbocycles. The van der Waals surface area contributed by atoms with Gasteiger partial charge in [0, 0.05) is 5.02 Å². The molecule has 1 aromatic carbocycles.